The molecule has 1 nitrogen and oxygen atoms in total. The minimum Gasteiger partial charge on any atom is -0.317 e. The fourth-order valence-corrected chi connectivity index (χ4v) is 2.34. The molecule has 0 aromatic heterocycles. The Kier molecular flexibility index (Phi) is 3.37. The molecule has 0 amide bonds. The van der Waals surface area contributed by atoms with Gasteiger partial charge < -0.3 is 5.32 Å². The van der Waals surface area contributed by atoms with Crippen molar-refractivity contribution in [1.82, 2.24) is 5.32 Å². The van der Waals surface area contributed by atoms with E-state index in [2.05, 4.69) is 17.4 Å². The zero-order valence-electron chi connectivity index (χ0n) is 9.01. The quantitative estimate of drug-likeness (QED) is 0.803. The van der Waals surface area contributed by atoms with Gasteiger partial charge in [0, 0.05) is 5.41 Å². The molecule has 0 spiro atoms. The third kappa shape index (κ3) is 2.57. The normalized spacial score (nSPS) is 20.1. The molecule has 2 heteroatoms. The standard InChI is InChI=1S/C13H18FN/c14-11-13(6-8-15-9-7-13)10-12-4-2-1-3-5-12/h1-5,15H,6-11H2. The summed E-state index contributed by atoms with van der Waals surface area (Å²) in [5, 5.41) is 3.29. The summed E-state index contributed by atoms with van der Waals surface area (Å²) in [7, 11) is 0. The van der Waals surface area contributed by atoms with Crippen molar-refractivity contribution in [3.05, 3.63) is 35.9 Å². The lowest BCUT2D eigenvalue weighted by Crippen LogP contribution is -2.39. The van der Waals surface area contributed by atoms with Crippen LogP contribution in [-0.2, 0) is 6.42 Å². The van der Waals surface area contributed by atoms with Gasteiger partial charge in [0.2, 0.25) is 0 Å². The van der Waals surface area contributed by atoms with Gasteiger partial charge in [-0.15, -0.1) is 0 Å². The molecule has 0 bridgehead atoms. The molecule has 1 aliphatic rings. The summed E-state index contributed by atoms with van der Waals surface area (Å²) in [6, 6.07) is 10.3. The highest BCUT2D eigenvalue weighted by Gasteiger charge is 2.32. The zero-order chi connectivity index (χ0) is 10.6. The highest BCUT2D eigenvalue weighted by atomic mass is 19.1. The average Bonchev–Trinajstić information content (AvgIpc) is 2.32. The molecular formula is C13H18FN. The van der Waals surface area contributed by atoms with E-state index < -0.39 is 0 Å². The predicted octanol–water partition coefficient (Wildman–Crippen LogP) is 2.57. The Labute approximate surface area is 90.7 Å². The van der Waals surface area contributed by atoms with E-state index >= 15 is 0 Å². The molecule has 1 saturated heterocycles. The number of hydrogen-bond donors (Lipinski definition) is 1. The lowest BCUT2D eigenvalue weighted by molar-refractivity contribution is 0.147. The van der Waals surface area contributed by atoms with Crippen molar-refractivity contribution in [2.24, 2.45) is 5.41 Å². The fraction of sp³-hybridized carbons (Fsp3) is 0.538. The van der Waals surface area contributed by atoms with E-state index in [0.717, 1.165) is 32.4 Å². The second kappa shape index (κ2) is 4.75. The predicted molar refractivity (Wildman–Crippen MR) is 60.7 cm³/mol. The Morgan fingerprint density at radius 3 is 2.40 bits per heavy atom. The molecule has 0 unspecified atom stereocenters. The Bertz CT molecular complexity index is 291. The molecule has 1 aromatic rings. The van der Waals surface area contributed by atoms with E-state index in [4.69, 9.17) is 0 Å². The van der Waals surface area contributed by atoms with Crippen LogP contribution in [0.3, 0.4) is 0 Å². The molecule has 0 radical (unpaired) electrons. The summed E-state index contributed by atoms with van der Waals surface area (Å²) < 4.78 is 13.2. The maximum absolute atomic E-state index is 13.2. The van der Waals surface area contributed by atoms with E-state index in [1.54, 1.807) is 0 Å². The Morgan fingerprint density at radius 1 is 1.13 bits per heavy atom. The first-order valence-corrected chi connectivity index (χ1v) is 5.65. The molecular weight excluding hydrogens is 189 g/mol. The van der Waals surface area contributed by atoms with Crippen molar-refractivity contribution in [1.29, 1.82) is 0 Å². The number of alkyl halides is 1. The second-order valence-electron chi connectivity index (χ2n) is 4.55. The van der Waals surface area contributed by atoms with Crippen molar-refractivity contribution in [2.45, 2.75) is 19.3 Å². The summed E-state index contributed by atoms with van der Waals surface area (Å²) in [6.07, 6.45) is 2.79. The van der Waals surface area contributed by atoms with E-state index in [9.17, 15) is 4.39 Å². The molecule has 82 valence electrons. The summed E-state index contributed by atoms with van der Waals surface area (Å²) in [5.41, 5.74) is 1.16. The highest BCUT2D eigenvalue weighted by molar-refractivity contribution is 5.17. The highest BCUT2D eigenvalue weighted by Crippen LogP contribution is 2.33. The monoisotopic (exact) mass is 207 g/mol. The van der Waals surface area contributed by atoms with Gasteiger partial charge >= 0.3 is 0 Å². The Morgan fingerprint density at radius 2 is 1.80 bits per heavy atom. The Balaban J connectivity index is 2.07. The second-order valence-corrected chi connectivity index (χ2v) is 4.55. The van der Waals surface area contributed by atoms with Crippen LogP contribution in [-0.4, -0.2) is 19.8 Å². The summed E-state index contributed by atoms with van der Waals surface area (Å²) in [5.74, 6) is 0. The van der Waals surface area contributed by atoms with E-state index in [-0.39, 0.29) is 12.1 Å². The molecule has 1 aliphatic heterocycles. The Hall–Kier alpha value is -0.890. The topological polar surface area (TPSA) is 12.0 Å². The molecule has 1 aromatic carbocycles. The number of benzene rings is 1. The third-order valence-corrected chi connectivity index (χ3v) is 3.37. The van der Waals surface area contributed by atoms with Gasteiger partial charge in [-0.2, -0.15) is 0 Å². The largest absolute Gasteiger partial charge is 0.317 e. The first kappa shape index (κ1) is 10.6. The van der Waals surface area contributed by atoms with Crippen LogP contribution in [0.2, 0.25) is 0 Å². The molecule has 0 saturated carbocycles. The average molecular weight is 207 g/mol. The lowest BCUT2D eigenvalue weighted by atomic mass is 9.75. The smallest absolute Gasteiger partial charge is 0.0954 e. The maximum Gasteiger partial charge on any atom is 0.0954 e. The number of hydrogen-bond acceptors (Lipinski definition) is 1. The van der Waals surface area contributed by atoms with Crippen LogP contribution < -0.4 is 5.32 Å². The van der Waals surface area contributed by atoms with Crippen LogP contribution >= 0.6 is 0 Å². The molecule has 2 rings (SSSR count). The van der Waals surface area contributed by atoms with Crippen LogP contribution in [0, 0.1) is 5.41 Å². The van der Waals surface area contributed by atoms with E-state index in [0.29, 0.717) is 0 Å². The molecule has 1 heterocycles. The molecule has 1 N–H and O–H groups in total. The molecule has 1 fully saturated rings. The van der Waals surface area contributed by atoms with Gasteiger partial charge in [0.1, 0.15) is 0 Å². The molecule has 15 heavy (non-hydrogen) atoms. The molecule has 0 atom stereocenters. The first-order chi connectivity index (χ1) is 7.35. The van der Waals surface area contributed by atoms with Crippen LogP contribution in [0.5, 0.6) is 0 Å². The number of rotatable bonds is 3. The number of piperidine rings is 1. The summed E-state index contributed by atoms with van der Waals surface area (Å²) >= 11 is 0. The lowest BCUT2D eigenvalue weighted by Gasteiger charge is -2.35. The van der Waals surface area contributed by atoms with Crippen LogP contribution in [0.4, 0.5) is 4.39 Å². The van der Waals surface area contributed by atoms with Gasteiger partial charge in [0.05, 0.1) is 6.67 Å². The third-order valence-electron chi connectivity index (χ3n) is 3.37. The minimum absolute atomic E-state index is 0.105. The molecule has 0 aliphatic carbocycles. The number of nitrogens with one attached hydrogen (secondary N) is 1. The van der Waals surface area contributed by atoms with E-state index in [1.165, 1.54) is 5.56 Å². The van der Waals surface area contributed by atoms with Crippen molar-refractivity contribution in [3.63, 3.8) is 0 Å². The number of halogens is 1. The van der Waals surface area contributed by atoms with Crippen LogP contribution in [0.15, 0.2) is 30.3 Å². The van der Waals surface area contributed by atoms with Crippen molar-refractivity contribution >= 4 is 0 Å². The SMILES string of the molecule is FCC1(Cc2ccccc2)CCNCC1. The van der Waals surface area contributed by atoms with Gasteiger partial charge in [-0.25, -0.2) is 0 Å². The van der Waals surface area contributed by atoms with Gasteiger partial charge in [0.25, 0.3) is 0 Å². The van der Waals surface area contributed by atoms with E-state index in [1.807, 2.05) is 18.2 Å². The minimum atomic E-state index is -0.191. The van der Waals surface area contributed by atoms with Crippen molar-refractivity contribution in [2.75, 3.05) is 19.8 Å². The van der Waals surface area contributed by atoms with Gasteiger partial charge in [0.15, 0.2) is 0 Å². The maximum atomic E-state index is 13.2. The first-order valence-electron chi connectivity index (χ1n) is 5.65. The summed E-state index contributed by atoms with van der Waals surface area (Å²) in [4.78, 5) is 0. The van der Waals surface area contributed by atoms with Crippen LogP contribution in [0.25, 0.3) is 0 Å². The van der Waals surface area contributed by atoms with Crippen LogP contribution in [0.1, 0.15) is 18.4 Å². The van der Waals surface area contributed by atoms with Gasteiger partial charge in [-0.3, -0.25) is 4.39 Å². The van der Waals surface area contributed by atoms with Crippen molar-refractivity contribution in [3.8, 4) is 0 Å². The van der Waals surface area contributed by atoms with Gasteiger partial charge in [-0.05, 0) is 37.9 Å². The summed E-state index contributed by atoms with van der Waals surface area (Å²) in [6.45, 7) is 1.72. The van der Waals surface area contributed by atoms with Crippen molar-refractivity contribution < 1.29 is 4.39 Å². The zero-order valence-corrected chi connectivity index (χ0v) is 9.01. The fourth-order valence-electron chi connectivity index (χ4n) is 2.34. The van der Waals surface area contributed by atoms with Gasteiger partial charge in [-0.1, -0.05) is 30.3 Å².